The van der Waals surface area contributed by atoms with Crippen LogP contribution in [0.5, 0.6) is 0 Å². The van der Waals surface area contributed by atoms with E-state index in [0.717, 1.165) is 12.8 Å². The van der Waals surface area contributed by atoms with Crippen molar-refractivity contribution in [2.75, 3.05) is 0 Å². The molecule has 0 amide bonds. The van der Waals surface area contributed by atoms with Crippen LogP contribution in [0, 0.1) is 12.2 Å². The standard InChI is InChI=1S/2C16H13.C3H6Si.2ClH.Hf/c2*1-12-9-10-14(11-12)16-8-4-6-13-5-2-3-7-15(13)16;1-2-4-3-1;;;/h2*2-8,11H,10H2,1H3;1-3H2;2*1H;/q2*-1;;;;+4/p-2. The molecule has 1 saturated heterocycles. The molecular weight excluding hydrogens is 698 g/mol. The molecule has 0 saturated carbocycles. The van der Waals surface area contributed by atoms with E-state index in [2.05, 4.69) is 123 Å². The van der Waals surface area contributed by atoms with Crippen molar-refractivity contribution in [3.05, 3.63) is 132 Å². The zero-order valence-corrected chi connectivity index (χ0v) is 28.6. The molecule has 1 heterocycles. The predicted octanol–water partition coefficient (Wildman–Crippen LogP) is 3.69. The minimum atomic E-state index is 0. The van der Waals surface area contributed by atoms with Crippen molar-refractivity contribution in [1.82, 2.24) is 0 Å². The van der Waals surface area contributed by atoms with Crippen molar-refractivity contribution in [3.8, 4) is 0 Å². The van der Waals surface area contributed by atoms with Crippen LogP contribution >= 0.6 is 0 Å². The molecule has 7 rings (SSSR count). The average Bonchev–Trinajstić information content (AvgIpc) is 3.51. The van der Waals surface area contributed by atoms with E-state index in [1.165, 1.54) is 83.0 Å². The Labute approximate surface area is 267 Å². The zero-order valence-electron chi connectivity index (χ0n) is 22.5. The third-order valence-electron chi connectivity index (χ3n) is 6.88. The average molecular weight is 730 g/mol. The van der Waals surface area contributed by atoms with Crippen LogP contribution < -0.4 is 24.8 Å². The van der Waals surface area contributed by atoms with E-state index < -0.39 is 0 Å². The third-order valence-corrected chi connectivity index (χ3v) is 8.29. The summed E-state index contributed by atoms with van der Waals surface area (Å²) in [5.74, 6) is 0. The molecule has 2 aliphatic carbocycles. The molecule has 4 aromatic carbocycles. The normalized spacial score (nSPS) is 14.8. The van der Waals surface area contributed by atoms with Crippen molar-refractivity contribution < 1.29 is 50.7 Å². The molecule has 39 heavy (non-hydrogen) atoms. The molecule has 4 aromatic rings. The van der Waals surface area contributed by atoms with Gasteiger partial charge in [-0.15, -0.1) is 24.0 Å². The minimum absolute atomic E-state index is 0. The van der Waals surface area contributed by atoms with Gasteiger partial charge in [0.1, 0.15) is 0 Å². The smallest absolute Gasteiger partial charge is 1.00 e. The van der Waals surface area contributed by atoms with E-state index in [4.69, 9.17) is 0 Å². The Morgan fingerprint density at radius 3 is 1.26 bits per heavy atom. The summed E-state index contributed by atoms with van der Waals surface area (Å²) in [5.41, 5.74) is 7.97. The Morgan fingerprint density at radius 1 is 0.564 bits per heavy atom. The van der Waals surface area contributed by atoms with Gasteiger partial charge in [-0.25, -0.2) is 23.3 Å². The van der Waals surface area contributed by atoms with Crippen molar-refractivity contribution in [2.45, 2.75) is 45.2 Å². The zero-order chi connectivity index (χ0) is 24.7. The summed E-state index contributed by atoms with van der Waals surface area (Å²) in [6.45, 7) is 4.22. The van der Waals surface area contributed by atoms with Gasteiger partial charge in [0, 0.05) is 9.52 Å². The SMILES string of the molecule is C1C[Si]C1.CC1=[C-]CC(c2cccc3ccccc23)=C1.CC1=[C-]CC(c2cccc3ccccc23)=C1.[Cl-].[Cl-].[Hf+4]. The maximum atomic E-state index is 3.36. The van der Waals surface area contributed by atoms with E-state index >= 15 is 0 Å². The number of rotatable bonds is 2. The van der Waals surface area contributed by atoms with Crippen LogP contribution in [0.3, 0.4) is 0 Å². The van der Waals surface area contributed by atoms with Crippen LogP contribution in [0.1, 0.15) is 44.2 Å². The first-order valence-corrected chi connectivity index (χ1v) is 14.3. The van der Waals surface area contributed by atoms with Crippen LogP contribution in [0.15, 0.2) is 108 Å². The van der Waals surface area contributed by atoms with Crippen LogP contribution in [0.25, 0.3) is 32.7 Å². The van der Waals surface area contributed by atoms with E-state index in [1.807, 2.05) is 0 Å². The number of fused-ring (bicyclic) bond motifs is 2. The number of hydrogen-bond donors (Lipinski definition) is 0. The fraction of sp³-hybridized carbons (Fsp3) is 0.200. The second kappa shape index (κ2) is 16.3. The molecule has 0 bridgehead atoms. The van der Waals surface area contributed by atoms with Crippen LogP contribution in [0.2, 0.25) is 12.1 Å². The summed E-state index contributed by atoms with van der Waals surface area (Å²) < 4.78 is 0. The molecule has 1 fully saturated rings. The largest absolute Gasteiger partial charge is 4.00 e. The molecule has 194 valence electrons. The molecule has 0 aromatic heterocycles. The minimum Gasteiger partial charge on any atom is -1.00 e. The first-order valence-electron chi connectivity index (χ1n) is 12.9. The summed E-state index contributed by atoms with van der Waals surface area (Å²) in [7, 11) is 1.32. The fourth-order valence-electron chi connectivity index (χ4n) is 4.73. The fourth-order valence-corrected chi connectivity index (χ4v) is 5.08. The van der Waals surface area contributed by atoms with Crippen molar-refractivity contribution >= 4 is 42.2 Å². The maximum Gasteiger partial charge on any atom is 4.00 e. The van der Waals surface area contributed by atoms with Gasteiger partial charge in [0.2, 0.25) is 0 Å². The van der Waals surface area contributed by atoms with Crippen molar-refractivity contribution in [1.29, 1.82) is 0 Å². The first-order chi connectivity index (χ1) is 17.7. The number of hydrogen-bond acceptors (Lipinski definition) is 0. The molecule has 0 unspecified atom stereocenters. The van der Waals surface area contributed by atoms with Crippen LogP contribution in [-0.2, 0) is 25.8 Å². The number of allylic oxidation sites excluding steroid dienone is 8. The summed E-state index contributed by atoms with van der Waals surface area (Å²) in [6, 6.07) is 33.2. The van der Waals surface area contributed by atoms with E-state index in [-0.39, 0.29) is 50.7 Å². The van der Waals surface area contributed by atoms with Crippen molar-refractivity contribution in [2.24, 2.45) is 0 Å². The van der Waals surface area contributed by atoms with Gasteiger partial charge >= 0.3 is 25.8 Å². The Morgan fingerprint density at radius 2 is 0.923 bits per heavy atom. The molecule has 0 spiro atoms. The molecule has 0 atom stereocenters. The summed E-state index contributed by atoms with van der Waals surface area (Å²) in [5, 5.41) is 5.30. The van der Waals surface area contributed by atoms with Gasteiger partial charge in [0.05, 0.1) is 0 Å². The van der Waals surface area contributed by atoms with Crippen LogP contribution in [-0.4, -0.2) is 9.52 Å². The van der Waals surface area contributed by atoms with Crippen molar-refractivity contribution in [3.63, 3.8) is 0 Å². The van der Waals surface area contributed by atoms with Gasteiger partial charge in [-0.3, -0.25) is 12.2 Å². The third kappa shape index (κ3) is 8.51. The van der Waals surface area contributed by atoms with Gasteiger partial charge in [0.15, 0.2) is 0 Å². The van der Waals surface area contributed by atoms with E-state index in [1.54, 1.807) is 0 Å². The number of halogens is 2. The Balaban J connectivity index is 0.000000224. The monoisotopic (exact) mass is 730 g/mol. The number of benzene rings is 4. The molecule has 0 nitrogen and oxygen atoms in total. The Hall–Kier alpha value is -1.97. The molecule has 1 aliphatic heterocycles. The second-order valence-corrected chi connectivity index (χ2v) is 11.1. The molecular formula is C35H32Cl2HfSi. The molecule has 3 aliphatic rings. The molecule has 2 radical (unpaired) electrons. The van der Waals surface area contributed by atoms with E-state index in [9.17, 15) is 0 Å². The summed E-state index contributed by atoms with van der Waals surface area (Å²) in [6.07, 6.45) is 14.6. The Kier molecular flexibility index (Phi) is 13.9. The van der Waals surface area contributed by atoms with Gasteiger partial charge in [-0.05, 0) is 32.7 Å². The van der Waals surface area contributed by atoms with Crippen LogP contribution in [0.4, 0.5) is 0 Å². The van der Waals surface area contributed by atoms with Gasteiger partial charge in [0.25, 0.3) is 0 Å². The van der Waals surface area contributed by atoms with Gasteiger partial charge in [-0.1, -0.05) is 117 Å². The topological polar surface area (TPSA) is 0 Å². The summed E-state index contributed by atoms with van der Waals surface area (Å²) in [4.78, 5) is 0. The summed E-state index contributed by atoms with van der Waals surface area (Å²) >= 11 is 0. The molecule has 4 heteroatoms. The van der Waals surface area contributed by atoms with E-state index in [0.29, 0.717) is 0 Å². The molecule has 0 N–H and O–H groups in total. The second-order valence-electron chi connectivity index (χ2n) is 9.57. The van der Waals surface area contributed by atoms with Gasteiger partial charge in [-0.2, -0.15) is 0 Å². The maximum absolute atomic E-state index is 3.36. The Bertz CT molecular complexity index is 1380. The quantitative estimate of drug-likeness (QED) is 0.219. The van der Waals surface area contributed by atoms with Gasteiger partial charge < -0.3 is 24.8 Å². The first kappa shape index (κ1) is 33.2. The predicted molar refractivity (Wildman–Crippen MR) is 158 cm³/mol.